The molecule has 172 valence electrons. The van der Waals surface area contributed by atoms with Gasteiger partial charge in [-0.15, -0.1) is 0 Å². The van der Waals surface area contributed by atoms with Crippen LogP contribution in [0.15, 0.2) is 29.3 Å². The molecule has 1 atom stereocenters. The predicted molar refractivity (Wildman–Crippen MR) is 128 cm³/mol. The SMILES string of the molecule is CCN(C(=O)c1ccc(NC(=O)CC2SC(N3CCCCC3)=NC2=O)cc1)C1CCCC1. The van der Waals surface area contributed by atoms with E-state index in [0.717, 1.165) is 43.9 Å². The Hall–Kier alpha value is -2.35. The van der Waals surface area contributed by atoms with Gasteiger partial charge in [-0.2, -0.15) is 4.99 Å². The Balaban J connectivity index is 1.29. The molecule has 0 radical (unpaired) electrons. The van der Waals surface area contributed by atoms with Crippen molar-refractivity contribution in [1.29, 1.82) is 0 Å². The highest BCUT2D eigenvalue weighted by Crippen LogP contribution is 2.29. The number of nitrogens with one attached hydrogen (secondary N) is 1. The summed E-state index contributed by atoms with van der Waals surface area (Å²) in [5.74, 6) is -0.392. The molecule has 32 heavy (non-hydrogen) atoms. The molecule has 2 aliphatic heterocycles. The first kappa shape index (κ1) is 22.8. The average Bonchev–Trinajstić information content (AvgIpc) is 3.46. The third kappa shape index (κ3) is 5.34. The Morgan fingerprint density at radius 3 is 2.44 bits per heavy atom. The number of nitrogens with zero attached hydrogens (tertiary/aromatic N) is 3. The van der Waals surface area contributed by atoms with Gasteiger partial charge in [0, 0.05) is 43.3 Å². The van der Waals surface area contributed by atoms with E-state index in [2.05, 4.69) is 15.2 Å². The maximum atomic E-state index is 12.9. The van der Waals surface area contributed by atoms with Crippen LogP contribution in [0.5, 0.6) is 0 Å². The minimum absolute atomic E-state index is 0.0487. The van der Waals surface area contributed by atoms with Gasteiger partial charge in [0.15, 0.2) is 5.17 Å². The average molecular weight is 457 g/mol. The molecule has 0 spiro atoms. The summed E-state index contributed by atoms with van der Waals surface area (Å²) < 4.78 is 0. The molecule has 1 saturated heterocycles. The topological polar surface area (TPSA) is 82.1 Å². The summed E-state index contributed by atoms with van der Waals surface area (Å²) >= 11 is 1.40. The zero-order valence-electron chi connectivity index (χ0n) is 18.7. The molecule has 3 aliphatic rings. The highest BCUT2D eigenvalue weighted by atomic mass is 32.2. The second-order valence-corrected chi connectivity index (χ2v) is 9.92. The number of rotatable bonds is 6. The fraction of sp³-hybridized carbons (Fsp3) is 0.583. The zero-order chi connectivity index (χ0) is 22.5. The van der Waals surface area contributed by atoms with E-state index in [1.807, 2.05) is 11.8 Å². The molecular weight excluding hydrogens is 424 g/mol. The van der Waals surface area contributed by atoms with Crippen molar-refractivity contribution in [3.63, 3.8) is 0 Å². The fourth-order valence-corrected chi connectivity index (χ4v) is 5.87. The molecule has 1 saturated carbocycles. The summed E-state index contributed by atoms with van der Waals surface area (Å²) in [5.41, 5.74) is 1.26. The maximum Gasteiger partial charge on any atom is 0.262 e. The molecule has 1 aromatic carbocycles. The molecule has 2 heterocycles. The predicted octanol–water partition coefficient (Wildman–Crippen LogP) is 3.90. The third-order valence-electron chi connectivity index (χ3n) is 6.51. The first-order chi connectivity index (χ1) is 15.5. The second kappa shape index (κ2) is 10.5. The van der Waals surface area contributed by atoms with E-state index >= 15 is 0 Å². The molecule has 1 N–H and O–H groups in total. The van der Waals surface area contributed by atoms with Crippen molar-refractivity contribution in [3.05, 3.63) is 29.8 Å². The molecule has 0 bridgehead atoms. The summed E-state index contributed by atoms with van der Waals surface area (Å²) in [5, 5.41) is 3.16. The lowest BCUT2D eigenvalue weighted by atomic mass is 10.1. The lowest BCUT2D eigenvalue weighted by Crippen LogP contribution is -2.38. The van der Waals surface area contributed by atoms with Crippen LogP contribution in [0, 0.1) is 0 Å². The maximum absolute atomic E-state index is 12.9. The number of anilines is 1. The van der Waals surface area contributed by atoms with E-state index in [9.17, 15) is 14.4 Å². The Labute approximate surface area is 194 Å². The van der Waals surface area contributed by atoms with Crippen molar-refractivity contribution in [2.24, 2.45) is 4.99 Å². The van der Waals surface area contributed by atoms with E-state index in [-0.39, 0.29) is 24.1 Å². The van der Waals surface area contributed by atoms with Crippen molar-refractivity contribution in [2.45, 2.75) is 69.6 Å². The van der Waals surface area contributed by atoms with E-state index in [0.29, 0.717) is 23.8 Å². The van der Waals surface area contributed by atoms with Crippen LogP contribution in [0.1, 0.15) is 68.6 Å². The third-order valence-corrected chi connectivity index (χ3v) is 7.72. The van der Waals surface area contributed by atoms with Gasteiger partial charge < -0.3 is 15.1 Å². The van der Waals surface area contributed by atoms with Gasteiger partial charge >= 0.3 is 0 Å². The Morgan fingerprint density at radius 2 is 1.78 bits per heavy atom. The van der Waals surface area contributed by atoms with Crippen molar-refractivity contribution in [1.82, 2.24) is 9.80 Å². The van der Waals surface area contributed by atoms with Gasteiger partial charge in [0.25, 0.3) is 11.8 Å². The number of hydrogen-bond acceptors (Lipinski definition) is 5. The minimum Gasteiger partial charge on any atom is -0.351 e. The number of benzene rings is 1. The van der Waals surface area contributed by atoms with E-state index in [4.69, 9.17) is 0 Å². The molecule has 2 fully saturated rings. The monoisotopic (exact) mass is 456 g/mol. The lowest BCUT2D eigenvalue weighted by molar-refractivity contribution is -0.121. The fourth-order valence-electron chi connectivity index (χ4n) is 4.76. The minimum atomic E-state index is -0.461. The van der Waals surface area contributed by atoms with Crippen LogP contribution in [0.3, 0.4) is 0 Å². The summed E-state index contributed by atoms with van der Waals surface area (Å²) in [7, 11) is 0. The first-order valence-electron chi connectivity index (χ1n) is 11.8. The first-order valence-corrected chi connectivity index (χ1v) is 12.7. The van der Waals surface area contributed by atoms with Crippen LogP contribution >= 0.6 is 11.8 Å². The van der Waals surface area contributed by atoms with Crippen molar-refractivity contribution < 1.29 is 14.4 Å². The number of aliphatic imine (C=N–C) groups is 1. The van der Waals surface area contributed by atoms with Gasteiger partial charge in [-0.25, -0.2) is 0 Å². The highest BCUT2D eigenvalue weighted by Gasteiger charge is 2.33. The highest BCUT2D eigenvalue weighted by molar-refractivity contribution is 8.15. The van der Waals surface area contributed by atoms with E-state index in [1.54, 1.807) is 24.3 Å². The quantitative estimate of drug-likeness (QED) is 0.702. The van der Waals surface area contributed by atoms with Crippen molar-refractivity contribution >= 4 is 40.3 Å². The number of amides is 3. The molecule has 1 aliphatic carbocycles. The standard InChI is InChI=1S/C24H32N4O3S/c1-2-28(19-8-4-5-9-19)23(31)17-10-12-18(13-11-17)25-21(29)16-20-22(30)26-24(32-20)27-14-6-3-7-15-27/h10-13,19-20H,2-9,14-16H2,1H3,(H,25,29). The zero-order valence-corrected chi connectivity index (χ0v) is 19.5. The summed E-state index contributed by atoms with van der Waals surface area (Å²) in [4.78, 5) is 46.0. The number of hydrogen-bond donors (Lipinski definition) is 1. The largest absolute Gasteiger partial charge is 0.351 e. The van der Waals surface area contributed by atoms with Gasteiger partial charge in [-0.05, 0) is 63.3 Å². The van der Waals surface area contributed by atoms with Crippen molar-refractivity contribution in [2.75, 3.05) is 25.0 Å². The summed E-state index contributed by atoms with van der Waals surface area (Å²) in [6, 6.07) is 7.38. The number of carbonyl (C=O) groups excluding carboxylic acids is 3. The van der Waals surface area contributed by atoms with Crippen LogP contribution in [-0.4, -0.2) is 63.6 Å². The Kier molecular flexibility index (Phi) is 7.50. The number of amidine groups is 1. The number of thioether (sulfide) groups is 1. The smallest absolute Gasteiger partial charge is 0.262 e. The number of likely N-dealkylation sites (tertiary alicyclic amines) is 1. The van der Waals surface area contributed by atoms with E-state index in [1.165, 1.54) is 31.0 Å². The molecule has 4 rings (SSSR count). The van der Waals surface area contributed by atoms with Gasteiger partial charge in [-0.1, -0.05) is 24.6 Å². The normalized spacial score (nSPS) is 21.5. The number of piperidine rings is 1. The van der Waals surface area contributed by atoms with Gasteiger partial charge in [0.1, 0.15) is 5.25 Å². The molecule has 7 nitrogen and oxygen atoms in total. The molecule has 0 aromatic heterocycles. The van der Waals surface area contributed by atoms with Gasteiger partial charge in [0.05, 0.1) is 0 Å². The Bertz CT molecular complexity index is 874. The van der Waals surface area contributed by atoms with Crippen molar-refractivity contribution in [3.8, 4) is 0 Å². The van der Waals surface area contributed by atoms with Crippen LogP contribution < -0.4 is 5.32 Å². The van der Waals surface area contributed by atoms with Crippen LogP contribution in [-0.2, 0) is 9.59 Å². The summed E-state index contributed by atoms with van der Waals surface area (Å²) in [6.07, 6.45) is 8.08. The van der Waals surface area contributed by atoms with Gasteiger partial charge in [0.2, 0.25) is 5.91 Å². The lowest BCUT2D eigenvalue weighted by Gasteiger charge is -2.27. The van der Waals surface area contributed by atoms with E-state index < -0.39 is 5.25 Å². The molecule has 8 heteroatoms. The van der Waals surface area contributed by atoms with Crippen LogP contribution in [0.25, 0.3) is 0 Å². The van der Waals surface area contributed by atoms with Gasteiger partial charge in [-0.3, -0.25) is 14.4 Å². The molecular formula is C24H32N4O3S. The Morgan fingerprint density at radius 1 is 1.09 bits per heavy atom. The van der Waals surface area contributed by atoms with Crippen LogP contribution in [0.2, 0.25) is 0 Å². The molecule has 1 aromatic rings. The number of carbonyl (C=O) groups is 3. The summed E-state index contributed by atoms with van der Waals surface area (Å²) in [6.45, 7) is 4.59. The molecule has 3 amide bonds. The molecule has 1 unspecified atom stereocenters. The van der Waals surface area contributed by atoms with Crippen LogP contribution in [0.4, 0.5) is 5.69 Å². The second-order valence-electron chi connectivity index (χ2n) is 8.75.